The standard InChI is InChI=1S/C4H8Br2O2/c5-4(6,3-8)1-2-7/h7-8H,1-3H2. The number of hydrogen-bond donors (Lipinski definition) is 2. The molecule has 0 atom stereocenters. The van der Waals surface area contributed by atoms with E-state index in [1.807, 2.05) is 0 Å². The fourth-order valence-electron chi connectivity index (χ4n) is 0.243. The zero-order valence-corrected chi connectivity index (χ0v) is 7.44. The van der Waals surface area contributed by atoms with Gasteiger partial charge in [0.05, 0.1) is 6.61 Å². The van der Waals surface area contributed by atoms with E-state index in [0.717, 1.165) is 0 Å². The van der Waals surface area contributed by atoms with Crippen LogP contribution in [0, 0.1) is 0 Å². The topological polar surface area (TPSA) is 40.5 Å². The molecule has 0 aliphatic heterocycles. The molecule has 0 aliphatic rings. The Morgan fingerprint density at radius 1 is 1.25 bits per heavy atom. The molecule has 0 aromatic rings. The molecule has 0 saturated carbocycles. The summed E-state index contributed by atoms with van der Waals surface area (Å²) in [5.41, 5.74) is 0. The first-order chi connectivity index (χ1) is 3.62. The minimum absolute atomic E-state index is 0.0203. The molecule has 0 fully saturated rings. The van der Waals surface area contributed by atoms with E-state index in [0.29, 0.717) is 6.42 Å². The molecule has 2 N–H and O–H groups in total. The Bertz CT molecular complexity index is 65.1. The molecule has 0 aliphatic carbocycles. The highest BCUT2D eigenvalue weighted by atomic mass is 79.9. The quantitative estimate of drug-likeness (QED) is 0.726. The molecular formula is C4H8Br2O2. The van der Waals surface area contributed by atoms with E-state index in [2.05, 4.69) is 31.9 Å². The highest BCUT2D eigenvalue weighted by Gasteiger charge is 2.19. The second kappa shape index (κ2) is 3.82. The SMILES string of the molecule is OCCC(Br)(Br)CO. The second-order valence-corrected chi connectivity index (χ2v) is 5.59. The van der Waals surface area contributed by atoms with Crippen molar-refractivity contribution in [2.75, 3.05) is 13.2 Å². The molecule has 4 heteroatoms. The van der Waals surface area contributed by atoms with Crippen molar-refractivity contribution in [1.82, 2.24) is 0 Å². The van der Waals surface area contributed by atoms with Crippen molar-refractivity contribution < 1.29 is 10.2 Å². The van der Waals surface area contributed by atoms with Gasteiger partial charge in [-0.1, -0.05) is 31.9 Å². The lowest BCUT2D eigenvalue weighted by molar-refractivity contribution is 0.242. The molecule has 0 heterocycles. The minimum Gasteiger partial charge on any atom is -0.396 e. The first kappa shape index (κ1) is 8.88. The number of alkyl halides is 2. The zero-order valence-electron chi connectivity index (χ0n) is 4.27. The summed E-state index contributed by atoms with van der Waals surface area (Å²) < 4.78 is -0.477. The van der Waals surface area contributed by atoms with Crippen LogP contribution in [0.4, 0.5) is 0 Å². The average molecular weight is 248 g/mol. The largest absolute Gasteiger partial charge is 0.396 e. The van der Waals surface area contributed by atoms with E-state index in [4.69, 9.17) is 10.2 Å². The third-order valence-electron chi connectivity index (χ3n) is 0.709. The number of rotatable bonds is 3. The van der Waals surface area contributed by atoms with Crippen LogP contribution >= 0.6 is 31.9 Å². The molecule has 0 spiro atoms. The van der Waals surface area contributed by atoms with Gasteiger partial charge in [0.15, 0.2) is 0 Å². The van der Waals surface area contributed by atoms with Crippen LogP contribution in [0.1, 0.15) is 6.42 Å². The molecular weight excluding hydrogens is 240 g/mol. The zero-order chi connectivity index (χ0) is 6.62. The van der Waals surface area contributed by atoms with Gasteiger partial charge in [0.2, 0.25) is 0 Å². The Morgan fingerprint density at radius 2 is 1.75 bits per heavy atom. The van der Waals surface area contributed by atoms with Gasteiger partial charge >= 0.3 is 0 Å². The second-order valence-electron chi connectivity index (χ2n) is 1.49. The van der Waals surface area contributed by atoms with Gasteiger partial charge in [-0.15, -0.1) is 0 Å². The lowest BCUT2D eigenvalue weighted by Gasteiger charge is -2.14. The number of aliphatic hydroxyl groups excluding tert-OH is 2. The van der Waals surface area contributed by atoms with Gasteiger partial charge in [-0.05, 0) is 6.42 Å². The molecule has 0 aromatic heterocycles. The van der Waals surface area contributed by atoms with E-state index in [1.165, 1.54) is 0 Å². The van der Waals surface area contributed by atoms with E-state index < -0.39 is 3.23 Å². The van der Waals surface area contributed by atoms with Gasteiger partial charge in [-0.2, -0.15) is 0 Å². The highest BCUT2D eigenvalue weighted by Crippen LogP contribution is 2.28. The summed E-state index contributed by atoms with van der Waals surface area (Å²) in [7, 11) is 0. The summed E-state index contributed by atoms with van der Waals surface area (Å²) in [5.74, 6) is 0. The molecule has 0 saturated heterocycles. The Labute approximate surface area is 65.2 Å². The molecule has 0 bridgehead atoms. The van der Waals surface area contributed by atoms with E-state index >= 15 is 0 Å². The molecule has 0 aromatic carbocycles. The molecule has 50 valence electrons. The molecule has 0 rings (SSSR count). The van der Waals surface area contributed by atoms with Crippen LogP contribution in [0.25, 0.3) is 0 Å². The minimum atomic E-state index is -0.477. The van der Waals surface area contributed by atoms with Gasteiger partial charge in [0.25, 0.3) is 0 Å². The van der Waals surface area contributed by atoms with E-state index in [9.17, 15) is 0 Å². The predicted molar refractivity (Wildman–Crippen MR) is 39.4 cm³/mol. The van der Waals surface area contributed by atoms with Crippen LogP contribution in [0.15, 0.2) is 0 Å². The smallest absolute Gasteiger partial charge is 0.106 e. The summed E-state index contributed by atoms with van der Waals surface area (Å²) in [6, 6.07) is 0. The average Bonchev–Trinajstić information content (AvgIpc) is 1.67. The number of halogens is 2. The third-order valence-corrected chi connectivity index (χ3v) is 2.00. The fourth-order valence-corrected chi connectivity index (χ4v) is 0.597. The van der Waals surface area contributed by atoms with Crippen molar-refractivity contribution in [3.63, 3.8) is 0 Å². The Morgan fingerprint density at radius 3 is 1.88 bits per heavy atom. The Balaban J connectivity index is 3.37. The molecule has 0 amide bonds. The summed E-state index contributed by atoms with van der Waals surface area (Å²) in [6.45, 7) is 0.0462. The van der Waals surface area contributed by atoms with Gasteiger partial charge in [-0.3, -0.25) is 0 Å². The first-order valence-corrected chi connectivity index (χ1v) is 3.80. The van der Waals surface area contributed by atoms with Gasteiger partial charge in [0, 0.05) is 6.61 Å². The van der Waals surface area contributed by atoms with Crippen molar-refractivity contribution in [2.45, 2.75) is 9.65 Å². The Kier molecular flexibility index (Phi) is 4.24. The van der Waals surface area contributed by atoms with Crippen LogP contribution in [0.3, 0.4) is 0 Å². The monoisotopic (exact) mass is 246 g/mol. The summed E-state index contributed by atoms with van der Waals surface area (Å²) in [4.78, 5) is 0. The number of aliphatic hydroxyl groups is 2. The summed E-state index contributed by atoms with van der Waals surface area (Å²) >= 11 is 6.30. The normalized spacial score (nSPS) is 12.0. The van der Waals surface area contributed by atoms with Crippen molar-refractivity contribution in [2.24, 2.45) is 0 Å². The van der Waals surface area contributed by atoms with Crippen molar-refractivity contribution >= 4 is 31.9 Å². The van der Waals surface area contributed by atoms with Crippen molar-refractivity contribution in [3.8, 4) is 0 Å². The van der Waals surface area contributed by atoms with Gasteiger partial charge in [-0.25, -0.2) is 0 Å². The lowest BCUT2D eigenvalue weighted by Crippen LogP contribution is -2.17. The number of hydrogen-bond acceptors (Lipinski definition) is 2. The van der Waals surface area contributed by atoms with Crippen LogP contribution in [-0.4, -0.2) is 26.7 Å². The first-order valence-electron chi connectivity index (χ1n) is 2.22. The van der Waals surface area contributed by atoms with E-state index in [-0.39, 0.29) is 13.2 Å². The molecule has 0 unspecified atom stereocenters. The molecule has 0 radical (unpaired) electrons. The van der Waals surface area contributed by atoms with Crippen LogP contribution in [0.5, 0.6) is 0 Å². The van der Waals surface area contributed by atoms with Gasteiger partial charge < -0.3 is 10.2 Å². The van der Waals surface area contributed by atoms with Crippen LogP contribution < -0.4 is 0 Å². The third kappa shape index (κ3) is 3.83. The predicted octanol–water partition coefficient (Wildman–Crippen LogP) is 0.847. The maximum atomic E-state index is 8.52. The molecule has 2 nitrogen and oxygen atoms in total. The summed E-state index contributed by atoms with van der Waals surface area (Å²) in [5, 5.41) is 16.9. The van der Waals surface area contributed by atoms with Crippen LogP contribution in [-0.2, 0) is 0 Å². The maximum Gasteiger partial charge on any atom is 0.106 e. The highest BCUT2D eigenvalue weighted by molar-refractivity contribution is 9.25. The Hall–Kier alpha value is 0.880. The lowest BCUT2D eigenvalue weighted by atomic mass is 10.3. The van der Waals surface area contributed by atoms with E-state index in [1.54, 1.807) is 0 Å². The summed E-state index contributed by atoms with van der Waals surface area (Å²) in [6.07, 6.45) is 0.503. The van der Waals surface area contributed by atoms with Crippen molar-refractivity contribution in [3.05, 3.63) is 0 Å². The maximum absolute atomic E-state index is 8.52. The van der Waals surface area contributed by atoms with Crippen molar-refractivity contribution in [1.29, 1.82) is 0 Å². The fraction of sp³-hybridized carbons (Fsp3) is 1.00. The van der Waals surface area contributed by atoms with Gasteiger partial charge in [0.1, 0.15) is 3.23 Å². The van der Waals surface area contributed by atoms with Crippen LogP contribution in [0.2, 0.25) is 0 Å². The molecule has 8 heavy (non-hydrogen) atoms.